The number of aryl methyl sites for hydroxylation is 1. The molecule has 106 valence electrons. The zero-order valence-corrected chi connectivity index (χ0v) is 11.4. The fourth-order valence-corrected chi connectivity index (χ4v) is 2.09. The summed E-state index contributed by atoms with van der Waals surface area (Å²) in [4.78, 5) is 18.9. The highest BCUT2D eigenvalue weighted by atomic mass is 19.1. The zero-order chi connectivity index (χ0) is 14.8. The highest BCUT2D eigenvalue weighted by Gasteiger charge is 2.07. The molecule has 0 fully saturated rings. The molecular weight excluding hydrogens is 271 g/mol. The summed E-state index contributed by atoms with van der Waals surface area (Å²) in [7, 11) is 1.80. The Morgan fingerprint density at radius 1 is 1.29 bits per heavy atom. The lowest BCUT2D eigenvalue weighted by Gasteiger charge is -2.03. The molecule has 1 N–H and O–H groups in total. The number of aromatic nitrogens is 4. The molecule has 2 heterocycles. The molecule has 0 unspecified atom stereocenters. The Morgan fingerprint density at radius 3 is 2.71 bits per heavy atom. The van der Waals surface area contributed by atoms with Crippen molar-refractivity contribution < 1.29 is 4.39 Å². The summed E-state index contributed by atoms with van der Waals surface area (Å²) in [6.45, 7) is 0. The molecule has 3 rings (SSSR count). The van der Waals surface area contributed by atoms with Crippen molar-refractivity contribution in [2.45, 2.75) is 6.42 Å². The number of benzene rings is 1. The Morgan fingerprint density at radius 2 is 2.05 bits per heavy atom. The summed E-state index contributed by atoms with van der Waals surface area (Å²) >= 11 is 0. The molecule has 0 bridgehead atoms. The van der Waals surface area contributed by atoms with Crippen molar-refractivity contribution in [3.05, 3.63) is 70.3 Å². The quantitative estimate of drug-likeness (QED) is 0.799. The van der Waals surface area contributed by atoms with Gasteiger partial charge in [-0.05, 0) is 17.7 Å². The number of rotatable bonds is 3. The van der Waals surface area contributed by atoms with Gasteiger partial charge in [0.2, 0.25) is 0 Å². The van der Waals surface area contributed by atoms with Crippen molar-refractivity contribution in [1.82, 2.24) is 19.7 Å². The molecule has 0 saturated carbocycles. The number of H-pyrrole nitrogens is 1. The average Bonchev–Trinajstić information content (AvgIpc) is 2.88. The number of aromatic amines is 1. The number of hydrogen-bond donors (Lipinski definition) is 1. The normalized spacial score (nSPS) is 10.8. The van der Waals surface area contributed by atoms with Gasteiger partial charge < -0.3 is 4.98 Å². The molecule has 1 aromatic carbocycles. The number of halogens is 1. The monoisotopic (exact) mass is 284 g/mol. The molecule has 0 spiro atoms. The Hall–Kier alpha value is -2.76. The van der Waals surface area contributed by atoms with Gasteiger partial charge in [0.15, 0.2) is 0 Å². The molecule has 0 saturated heterocycles. The minimum absolute atomic E-state index is 0.221. The van der Waals surface area contributed by atoms with Gasteiger partial charge >= 0.3 is 0 Å². The van der Waals surface area contributed by atoms with Crippen LogP contribution in [0.3, 0.4) is 0 Å². The highest BCUT2D eigenvalue weighted by molar-refractivity contribution is 5.56. The van der Waals surface area contributed by atoms with E-state index in [1.807, 2.05) is 0 Å². The second-order valence-electron chi connectivity index (χ2n) is 4.78. The van der Waals surface area contributed by atoms with Crippen LogP contribution in [0.15, 0.2) is 47.5 Å². The number of hydrogen-bond acceptors (Lipinski definition) is 3. The van der Waals surface area contributed by atoms with Crippen LogP contribution in [-0.4, -0.2) is 19.7 Å². The molecule has 5 nitrogen and oxygen atoms in total. The lowest BCUT2D eigenvalue weighted by Crippen LogP contribution is -2.11. The van der Waals surface area contributed by atoms with E-state index in [2.05, 4.69) is 15.1 Å². The van der Waals surface area contributed by atoms with Crippen molar-refractivity contribution >= 4 is 0 Å². The van der Waals surface area contributed by atoms with Crippen molar-refractivity contribution in [2.75, 3.05) is 0 Å². The van der Waals surface area contributed by atoms with Crippen LogP contribution in [0.5, 0.6) is 0 Å². The molecule has 0 aliphatic rings. The third-order valence-corrected chi connectivity index (χ3v) is 3.08. The van der Waals surface area contributed by atoms with Crippen molar-refractivity contribution in [3.63, 3.8) is 0 Å². The first kappa shape index (κ1) is 13.2. The molecule has 21 heavy (non-hydrogen) atoms. The van der Waals surface area contributed by atoms with Gasteiger partial charge in [-0.1, -0.05) is 12.1 Å². The molecule has 0 aliphatic carbocycles. The molecule has 2 aromatic heterocycles. The van der Waals surface area contributed by atoms with Gasteiger partial charge in [-0.2, -0.15) is 5.10 Å². The Kier molecular flexibility index (Phi) is 3.35. The van der Waals surface area contributed by atoms with Crippen LogP contribution in [0.4, 0.5) is 4.39 Å². The van der Waals surface area contributed by atoms with Gasteiger partial charge in [-0.3, -0.25) is 9.48 Å². The standard InChI is InChI=1S/C15H13FN4O/c1-20-9-11(8-17-20)13-7-15(21)19-14(18-13)6-10-2-4-12(16)5-3-10/h2-5,7-9H,6H2,1H3,(H,18,19,21). The highest BCUT2D eigenvalue weighted by Crippen LogP contribution is 2.14. The van der Waals surface area contributed by atoms with Gasteiger partial charge in [0.25, 0.3) is 5.56 Å². The smallest absolute Gasteiger partial charge is 0.251 e. The Labute approximate surface area is 120 Å². The van der Waals surface area contributed by atoms with E-state index in [1.165, 1.54) is 18.2 Å². The first-order valence-electron chi connectivity index (χ1n) is 6.44. The summed E-state index contributed by atoms with van der Waals surface area (Å²) in [5.74, 6) is 0.247. The molecule has 0 aliphatic heterocycles. The lowest BCUT2D eigenvalue weighted by atomic mass is 10.1. The van der Waals surface area contributed by atoms with Crippen LogP contribution in [-0.2, 0) is 13.5 Å². The SMILES string of the molecule is Cn1cc(-c2cc(=O)[nH]c(Cc3ccc(F)cc3)n2)cn1. The Bertz CT molecular complexity index is 820. The topological polar surface area (TPSA) is 63.6 Å². The van der Waals surface area contributed by atoms with Crippen molar-refractivity contribution in [1.29, 1.82) is 0 Å². The average molecular weight is 284 g/mol. The predicted octanol–water partition coefficient (Wildman–Crippen LogP) is 1.90. The van der Waals surface area contributed by atoms with Gasteiger partial charge in [-0.15, -0.1) is 0 Å². The van der Waals surface area contributed by atoms with E-state index in [-0.39, 0.29) is 11.4 Å². The van der Waals surface area contributed by atoms with Crippen LogP contribution in [0, 0.1) is 5.82 Å². The fraction of sp³-hybridized carbons (Fsp3) is 0.133. The minimum Gasteiger partial charge on any atom is -0.310 e. The fourth-order valence-electron chi connectivity index (χ4n) is 2.09. The molecular formula is C15H13FN4O. The minimum atomic E-state index is -0.288. The van der Waals surface area contributed by atoms with Crippen molar-refractivity contribution in [2.24, 2.45) is 7.05 Å². The van der Waals surface area contributed by atoms with Crippen LogP contribution in [0.25, 0.3) is 11.3 Å². The summed E-state index contributed by atoms with van der Waals surface area (Å²) in [5.41, 5.74) is 2.01. The van der Waals surface area contributed by atoms with E-state index in [9.17, 15) is 9.18 Å². The van der Waals surface area contributed by atoms with Crippen molar-refractivity contribution in [3.8, 4) is 11.3 Å². The van der Waals surface area contributed by atoms with Gasteiger partial charge in [0.05, 0.1) is 11.9 Å². The van der Waals surface area contributed by atoms with Gasteiger partial charge in [0, 0.05) is 31.3 Å². The second-order valence-corrected chi connectivity index (χ2v) is 4.78. The molecule has 0 amide bonds. The third-order valence-electron chi connectivity index (χ3n) is 3.08. The third kappa shape index (κ3) is 3.05. The van der Waals surface area contributed by atoms with E-state index in [1.54, 1.807) is 36.3 Å². The molecule has 0 atom stereocenters. The van der Waals surface area contributed by atoms with Crippen LogP contribution < -0.4 is 5.56 Å². The summed E-state index contributed by atoms with van der Waals surface area (Å²) in [5, 5.41) is 4.07. The van der Waals surface area contributed by atoms with Crippen LogP contribution in [0.1, 0.15) is 11.4 Å². The maximum absolute atomic E-state index is 12.9. The van der Waals surface area contributed by atoms with E-state index in [0.29, 0.717) is 17.9 Å². The van der Waals surface area contributed by atoms with Crippen LogP contribution in [0.2, 0.25) is 0 Å². The van der Waals surface area contributed by atoms with E-state index in [0.717, 1.165) is 11.1 Å². The lowest BCUT2D eigenvalue weighted by molar-refractivity contribution is 0.627. The zero-order valence-electron chi connectivity index (χ0n) is 11.4. The maximum Gasteiger partial charge on any atom is 0.251 e. The first-order valence-corrected chi connectivity index (χ1v) is 6.44. The van der Waals surface area contributed by atoms with Gasteiger partial charge in [0.1, 0.15) is 11.6 Å². The largest absolute Gasteiger partial charge is 0.310 e. The second kappa shape index (κ2) is 5.32. The maximum atomic E-state index is 12.9. The van der Waals surface area contributed by atoms with Crippen LogP contribution >= 0.6 is 0 Å². The number of nitrogens with one attached hydrogen (secondary N) is 1. The van der Waals surface area contributed by atoms with Gasteiger partial charge in [-0.25, -0.2) is 9.37 Å². The molecule has 0 radical (unpaired) electrons. The predicted molar refractivity (Wildman–Crippen MR) is 76.3 cm³/mol. The summed E-state index contributed by atoms with van der Waals surface area (Å²) < 4.78 is 14.5. The molecule has 3 aromatic rings. The van der Waals surface area contributed by atoms with E-state index in [4.69, 9.17) is 0 Å². The Balaban J connectivity index is 1.94. The van der Waals surface area contributed by atoms with E-state index < -0.39 is 0 Å². The van der Waals surface area contributed by atoms with E-state index >= 15 is 0 Å². The molecule has 6 heteroatoms. The summed E-state index contributed by atoms with van der Waals surface area (Å²) in [6, 6.07) is 7.56. The summed E-state index contributed by atoms with van der Waals surface area (Å²) in [6.07, 6.45) is 3.89. The first-order chi connectivity index (χ1) is 10.1. The number of nitrogens with zero attached hydrogens (tertiary/aromatic N) is 3.